The third-order valence-electron chi connectivity index (χ3n) is 3.69. The third kappa shape index (κ3) is 2.25. The third-order valence-corrected chi connectivity index (χ3v) is 3.69. The molecule has 21 heavy (non-hydrogen) atoms. The second-order valence-corrected chi connectivity index (χ2v) is 5.06. The number of nitrogens with one attached hydrogen (secondary N) is 1. The van der Waals surface area contributed by atoms with Gasteiger partial charge in [-0.2, -0.15) is 5.26 Å². The van der Waals surface area contributed by atoms with Crippen molar-refractivity contribution in [2.24, 2.45) is 0 Å². The molecule has 0 amide bonds. The minimum atomic E-state index is 0.372. The van der Waals surface area contributed by atoms with E-state index in [-0.39, 0.29) is 0 Å². The minimum Gasteiger partial charge on any atom is -0.496 e. The van der Waals surface area contributed by atoms with Crippen LogP contribution in [0.25, 0.3) is 22.2 Å². The zero-order valence-corrected chi connectivity index (χ0v) is 12.1. The van der Waals surface area contributed by atoms with Gasteiger partial charge in [-0.05, 0) is 36.8 Å². The second-order valence-electron chi connectivity index (χ2n) is 5.06. The van der Waals surface area contributed by atoms with E-state index in [1.807, 2.05) is 24.3 Å². The monoisotopic (exact) mass is 276 g/mol. The Morgan fingerprint density at radius 2 is 2.00 bits per heavy atom. The number of fused-ring (bicyclic) bond motifs is 1. The van der Waals surface area contributed by atoms with Crippen molar-refractivity contribution in [3.05, 3.63) is 53.6 Å². The van der Waals surface area contributed by atoms with Gasteiger partial charge in [0, 0.05) is 16.5 Å². The van der Waals surface area contributed by atoms with Crippen molar-refractivity contribution < 1.29 is 4.74 Å². The summed E-state index contributed by atoms with van der Waals surface area (Å²) in [6, 6.07) is 16.4. The Morgan fingerprint density at radius 1 is 1.19 bits per heavy atom. The quantitative estimate of drug-likeness (QED) is 0.778. The first-order valence-corrected chi connectivity index (χ1v) is 6.86. The highest BCUT2D eigenvalue weighted by atomic mass is 16.5. The number of nitrogens with zero attached hydrogens (tertiary/aromatic N) is 1. The minimum absolute atomic E-state index is 0.372. The van der Waals surface area contributed by atoms with E-state index in [0.29, 0.717) is 6.42 Å². The first-order chi connectivity index (χ1) is 10.2. The Kier molecular flexibility index (Phi) is 3.37. The summed E-state index contributed by atoms with van der Waals surface area (Å²) in [7, 11) is 1.66. The summed E-state index contributed by atoms with van der Waals surface area (Å²) in [6.07, 6.45) is 0.372. The highest BCUT2D eigenvalue weighted by Gasteiger charge is 2.15. The van der Waals surface area contributed by atoms with Crippen LogP contribution >= 0.6 is 0 Å². The van der Waals surface area contributed by atoms with Gasteiger partial charge in [0.25, 0.3) is 0 Å². The van der Waals surface area contributed by atoms with E-state index in [4.69, 9.17) is 10.00 Å². The molecule has 3 rings (SSSR count). The number of aromatic nitrogens is 1. The Morgan fingerprint density at radius 3 is 2.76 bits per heavy atom. The maximum atomic E-state index is 9.17. The zero-order chi connectivity index (χ0) is 14.8. The van der Waals surface area contributed by atoms with E-state index in [1.54, 1.807) is 7.11 Å². The molecule has 0 aliphatic rings. The van der Waals surface area contributed by atoms with Crippen molar-refractivity contribution >= 4 is 10.9 Å². The van der Waals surface area contributed by atoms with Crippen LogP contribution in [0.3, 0.4) is 0 Å². The van der Waals surface area contributed by atoms with Crippen molar-refractivity contribution in [3.8, 4) is 23.1 Å². The van der Waals surface area contributed by atoms with Crippen LogP contribution in [-0.2, 0) is 6.42 Å². The van der Waals surface area contributed by atoms with Crippen LogP contribution < -0.4 is 4.74 Å². The smallest absolute Gasteiger partial charge is 0.128 e. The van der Waals surface area contributed by atoms with Gasteiger partial charge in [-0.25, -0.2) is 0 Å². The number of hydrogen-bond donors (Lipinski definition) is 1. The van der Waals surface area contributed by atoms with Gasteiger partial charge in [-0.15, -0.1) is 0 Å². The Labute approximate surface area is 123 Å². The van der Waals surface area contributed by atoms with Gasteiger partial charge in [0.05, 0.1) is 25.3 Å². The average Bonchev–Trinajstić information content (AvgIpc) is 2.86. The van der Waals surface area contributed by atoms with Gasteiger partial charge in [-0.3, -0.25) is 0 Å². The molecule has 2 aromatic carbocycles. The number of ether oxygens (including phenoxy) is 1. The molecule has 3 aromatic rings. The summed E-state index contributed by atoms with van der Waals surface area (Å²) in [5, 5.41) is 10.3. The molecule has 3 heteroatoms. The van der Waals surface area contributed by atoms with E-state index >= 15 is 0 Å². The summed E-state index contributed by atoms with van der Waals surface area (Å²) in [6.45, 7) is 2.06. The predicted molar refractivity (Wildman–Crippen MR) is 84.3 cm³/mol. The molecule has 0 unspecified atom stereocenters. The number of methoxy groups -OCH3 is 1. The molecule has 0 fully saturated rings. The van der Waals surface area contributed by atoms with Crippen LogP contribution in [0, 0.1) is 18.3 Å². The molecular formula is C18H16N2O. The number of benzene rings is 2. The first-order valence-electron chi connectivity index (χ1n) is 6.86. The number of aryl methyl sites for hydroxylation is 1. The number of H-pyrrole nitrogens is 1. The van der Waals surface area contributed by atoms with Gasteiger partial charge >= 0.3 is 0 Å². The van der Waals surface area contributed by atoms with Gasteiger partial charge < -0.3 is 9.72 Å². The van der Waals surface area contributed by atoms with E-state index in [2.05, 4.69) is 36.2 Å². The summed E-state index contributed by atoms with van der Waals surface area (Å²) in [5.41, 5.74) is 5.22. The van der Waals surface area contributed by atoms with Crippen LogP contribution in [0.2, 0.25) is 0 Å². The molecule has 1 heterocycles. The Bertz CT molecular complexity index is 840. The molecule has 1 N–H and O–H groups in total. The average molecular weight is 276 g/mol. The van der Waals surface area contributed by atoms with Crippen molar-refractivity contribution in [1.82, 2.24) is 4.98 Å². The summed E-state index contributed by atoms with van der Waals surface area (Å²) < 4.78 is 5.45. The fraction of sp³-hybridized carbons (Fsp3) is 0.167. The highest BCUT2D eigenvalue weighted by molar-refractivity contribution is 5.92. The lowest BCUT2D eigenvalue weighted by Crippen LogP contribution is -1.91. The summed E-state index contributed by atoms with van der Waals surface area (Å²) in [5.74, 6) is 0.806. The maximum absolute atomic E-state index is 9.17. The Balaban J connectivity index is 2.31. The largest absolute Gasteiger partial charge is 0.496 e. The molecule has 0 saturated carbocycles. The maximum Gasteiger partial charge on any atom is 0.128 e. The lowest BCUT2D eigenvalue weighted by molar-refractivity contribution is 0.416. The lowest BCUT2D eigenvalue weighted by Gasteiger charge is -2.08. The zero-order valence-electron chi connectivity index (χ0n) is 12.1. The molecule has 0 bridgehead atoms. The second kappa shape index (κ2) is 5.34. The first kappa shape index (κ1) is 13.3. The molecule has 104 valence electrons. The summed E-state index contributed by atoms with van der Waals surface area (Å²) >= 11 is 0. The van der Waals surface area contributed by atoms with Crippen LogP contribution in [0.5, 0.6) is 5.75 Å². The van der Waals surface area contributed by atoms with Gasteiger partial charge in [0.15, 0.2) is 0 Å². The Hall–Kier alpha value is -2.73. The molecule has 0 aliphatic carbocycles. The van der Waals surface area contributed by atoms with Crippen molar-refractivity contribution in [1.29, 1.82) is 5.26 Å². The van der Waals surface area contributed by atoms with Crippen LogP contribution in [0.1, 0.15) is 11.1 Å². The standard InChI is InChI=1S/C18H16N2O/c1-12-7-8-16-15(11-12)13(9-10-19)18(20-16)14-5-3-4-6-17(14)21-2/h3-8,11,20H,9H2,1-2H3. The van der Waals surface area contributed by atoms with E-state index in [0.717, 1.165) is 33.5 Å². The molecule has 1 aromatic heterocycles. The van der Waals surface area contributed by atoms with Crippen molar-refractivity contribution in [3.63, 3.8) is 0 Å². The van der Waals surface area contributed by atoms with Gasteiger partial charge in [0.2, 0.25) is 0 Å². The van der Waals surface area contributed by atoms with Crippen LogP contribution in [-0.4, -0.2) is 12.1 Å². The number of para-hydroxylation sites is 1. The normalized spacial score (nSPS) is 10.5. The molecule has 0 atom stereocenters. The lowest BCUT2D eigenvalue weighted by atomic mass is 10.0. The van der Waals surface area contributed by atoms with Crippen molar-refractivity contribution in [2.75, 3.05) is 7.11 Å². The molecule has 3 nitrogen and oxygen atoms in total. The van der Waals surface area contributed by atoms with Crippen molar-refractivity contribution in [2.45, 2.75) is 13.3 Å². The SMILES string of the molecule is COc1ccccc1-c1[nH]c2ccc(C)cc2c1CC#N. The highest BCUT2D eigenvalue weighted by Crippen LogP contribution is 2.36. The van der Waals surface area contributed by atoms with E-state index < -0.39 is 0 Å². The van der Waals surface area contributed by atoms with Gasteiger partial charge in [0.1, 0.15) is 5.75 Å². The van der Waals surface area contributed by atoms with Gasteiger partial charge in [-0.1, -0.05) is 23.8 Å². The summed E-state index contributed by atoms with van der Waals surface area (Å²) in [4.78, 5) is 3.44. The van der Waals surface area contributed by atoms with E-state index in [9.17, 15) is 0 Å². The number of rotatable bonds is 3. The van der Waals surface area contributed by atoms with E-state index in [1.165, 1.54) is 5.56 Å². The number of nitriles is 1. The topological polar surface area (TPSA) is 48.8 Å². The van der Waals surface area contributed by atoms with Crippen LogP contribution in [0.4, 0.5) is 0 Å². The predicted octanol–water partition coefficient (Wildman–Crippen LogP) is 4.22. The molecule has 0 spiro atoms. The fourth-order valence-electron chi connectivity index (χ4n) is 2.71. The van der Waals surface area contributed by atoms with Crippen LogP contribution in [0.15, 0.2) is 42.5 Å². The molecule has 0 radical (unpaired) electrons. The molecule has 0 saturated heterocycles. The number of hydrogen-bond acceptors (Lipinski definition) is 2. The molecule has 0 aliphatic heterocycles. The fourth-order valence-corrected chi connectivity index (χ4v) is 2.71. The number of aromatic amines is 1. The molecular weight excluding hydrogens is 260 g/mol.